The number of halogens is 1. The molecule has 3 aromatic rings. The molecule has 2 aromatic carbocycles. The van der Waals surface area contributed by atoms with E-state index in [1.165, 1.54) is 12.6 Å². The Morgan fingerprint density at radius 3 is 2.60 bits per heavy atom. The van der Waals surface area contributed by atoms with Crippen molar-refractivity contribution in [3.05, 3.63) is 53.3 Å². The molecule has 1 heterocycles. The molecule has 0 fully saturated rings. The van der Waals surface area contributed by atoms with Crippen molar-refractivity contribution in [2.45, 2.75) is 4.90 Å². The third-order valence-electron chi connectivity index (χ3n) is 3.51. The molecular weight excluding hydrogens is 406 g/mol. The lowest BCUT2D eigenvalue weighted by Crippen LogP contribution is -2.12. The van der Waals surface area contributed by atoms with Crippen LogP contribution in [0.25, 0.3) is 10.9 Å². The van der Waals surface area contributed by atoms with Crippen LogP contribution in [0.2, 0.25) is 0 Å². The van der Waals surface area contributed by atoms with E-state index < -0.39 is 9.84 Å². The molecule has 1 N–H and O–H groups in total. The van der Waals surface area contributed by atoms with Gasteiger partial charge in [0.05, 0.1) is 17.0 Å². The van der Waals surface area contributed by atoms with Crippen molar-refractivity contribution in [3.63, 3.8) is 0 Å². The fourth-order valence-electron chi connectivity index (χ4n) is 2.28. The first kappa shape index (κ1) is 17.6. The number of anilines is 1. The second kappa shape index (κ2) is 7.37. The SMILES string of the molecule is CS(=O)(=O)c1ccc2ncnc(NCCOc3ccc(Br)cc3)c2c1. The van der Waals surface area contributed by atoms with Crippen molar-refractivity contribution >= 4 is 42.5 Å². The molecule has 130 valence electrons. The molecule has 0 spiro atoms. The number of fused-ring (bicyclic) bond motifs is 1. The molecule has 0 amide bonds. The molecule has 8 heteroatoms. The highest BCUT2D eigenvalue weighted by Gasteiger charge is 2.10. The topological polar surface area (TPSA) is 81.2 Å². The highest BCUT2D eigenvalue weighted by atomic mass is 79.9. The van der Waals surface area contributed by atoms with Gasteiger partial charge in [-0.25, -0.2) is 18.4 Å². The molecule has 25 heavy (non-hydrogen) atoms. The lowest BCUT2D eigenvalue weighted by molar-refractivity contribution is 0.333. The summed E-state index contributed by atoms with van der Waals surface area (Å²) < 4.78 is 30.1. The van der Waals surface area contributed by atoms with Gasteiger partial charge in [-0.3, -0.25) is 0 Å². The second-order valence-electron chi connectivity index (χ2n) is 5.40. The van der Waals surface area contributed by atoms with Crippen LogP contribution in [0.5, 0.6) is 5.75 Å². The fraction of sp³-hybridized carbons (Fsp3) is 0.176. The van der Waals surface area contributed by atoms with Crippen LogP contribution in [-0.4, -0.2) is 37.8 Å². The highest BCUT2D eigenvalue weighted by molar-refractivity contribution is 9.10. The monoisotopic (exact) mass is 421 g/mol. The predicted molar refractivity (Wildman–Crippen MR) is 101 cm³/mol. The van der Waals surface area contributed by atoms with Crippen molar-refractivity contribution in [1.29, 1.82) is 0 Å². The number of hydrogen-bond donors (Lipinski definition) is 1. The lowest BCUT2D eigenvalue weighted by Gasteiger charge is -2.10. The Balaban J connectivity index is 1.71. The number of hydrogen-bond acceptors (Lipinski definition) is 6. The number of ether oxygens (including phenoxy) is 1. The van der Waals surface area contributed by atoms with E-state index in [0.717, 1.165) is 10.2 Å². The Hall–Kier alpha value is -2.19. The largest absolute Gasteiger partial charge is 0.492 e. The van der Waals surface area contributed by atoms with E-state index in [1.54, 1.807) is 18.2 Å². The Morgan fingerprint density at radius 1 is 1.12 bits per heavy atom. The third-order valence-corrected chi connectivity index (χ3v) is 5.15. The van der Waals surface area contributed by atoms with Gasteiger partial charge in [-0.15, -0.1) is 0 Å². The summed E-state index contributed by atoms with van der Waals surface area (Å²) in [5, 5.41) is 3.83. The molecule has 0 aliphatic heterocycles. The highest BCUT2D eigenvalue weighted by Crippen LogP contribution is 2.23. The molecular formula is C17H16BrN3O3S. The van der Waals surface area contributed by atoms with Gasteiger partial charge in [0.25, 0.3) is 0 Å². The Bertz CT molecular complexity index is 992. The van der Waals surface area contributed by atoms with Gasteiger partial charge in [-0.2, -0.15) is 0 Å². The van der Waals surface area contributed by atoms with E-state index in [2.05, 4.69) is 31.2 Å². The number of sulfone groups is 1. The first-order valence-corrected chi connectivity index (χ1v) is 10.2. The van der Waals surface area contributed by atoms with Gasteiger partial charge in [0.1, 0.15) is 24.5 Å². The minimum atomic E-state index is -3.29. The van der Waals surface area contributed by atoms with Gasteiger partial charge in [-0.1, -0.05) is 15.9 Å². The minimum absolute atomic E-state index is 0.240. The van der Waals surface area contributed by atoms with Crippen LogP contribution in [0.15, 0.2) is 58.2 Å². The summed E-state index contributed by atoms with van der Waals surface area (Å²) in [5.41, 5.74) is 0.679. The Labute approximate surface area is 154 Å². The summed E-state index contributed by atoms with van der Waals surface area (Å²) in [7, 11) is -3.29. The average molecular weight is 422 g/mol. The zero-order chi connectivity index (χ0) is 17.9. The van der Waals surface area contributed by atoms with E-state index in [4.69, 9.17) is 4.74 Å². The molecule has 0 unspecified atom stereocenters. The molecule has 1 aromatic heterocycles. The molecule has 0 bridgehead atoms. The molecule has 0 aliphatic rings. The fourth-order valence-corrected chi connectivity index (χ4v) is 3.19. The molecule has 0 aliphatic carbocycles. The summed E-state index contributed by atoms with van der Waals surface area (Å²) in [6.45, 7) is 0.962. The van der Waals surface area contributed by atoms with Crippen molar-refractivity contribution in [1.82, 2.24) is 9.97 Å². The van der Waals surface area contributed by atoms with Crippen LogP contribution in [0, 0.1) is 0 Å². The number of benzene rings is 2. The van der Waals surface area contributed by atoms with Gasteiger partial charge in [0.15, 0.2) is 9.84 Å². The lowest BCUT2D eigenvalue weighted by atomic mass is 10.2. The number of nitrogens with zero attached hydrogens (tertiary/aromatic N) is 2. The second-order valence-corrected chi connectivity index (χ2v) is 8.33. The van der Waals surface area contributed by atoms with Crippen LogP contribution in [0.3, 0.4) is 0 Å². The molecule has 0 saturated carbocycles. The zero-order valence-corrected chi connectivity index (χ0v) is 15.8. The van der Waals surface area contributed by atoms with Crippen molar-refractivity contribution < 1.29 is 13.2 Å². The minimum Gasteiger partial charge on any atom is -0.492 e. The van der Waals surface area contributed by atoms with Crippen molar-refractivity contribution in [3.8, 4) is 5.75 Å². The molecule has 3 rings (SSSR count). The summed E-state index contributed by atoms with van der Waals surface area (Å²) in [5.74, 6) is 1.35. The normalized spacial score (nSPS) is 11.4. The van der Waals surface area contributed by atoms with Gasteiger partial charge in [-0.05, 0) is 42.5 Å². The number of aromatic nitrogens is 2. The van der Waals surface area contributed by atoms with E-state index in [9.17, 15) is 8.42 Å². The first-order valence-electron chi connectivity index (χ1n) is 7.50. The van der Waals surface area contributed by atoms with Crippen LogP contribution in [-0.2, 0) is 9.84 Å². The first-order chi connectivity index (χ1) is 11.9. The molecule has 6 nitrogen and oxygen atoms in total. The van der Waals surface area contributed by atoms with E-state index in [1.807, 2.05) is 24.3 Å². The quantitative estimate of drug-likeness (QED) is 0.614. The van der Waals surface area contributed by atoms with Crippen molar-refractivity contribution in [2.24, 2.45) is 0 Å². The van der Waals surface area contributed by atoms with Gasteiger partial charge in [0, 0.05) is 16.1 Å². The average Bonchev–Trinajstić information content (AvgIpc) is 2.59. The predicted octanol–water partition coefficient (Wildman–Crippen LogP) is 3.29. The van der Waals surface area contributed by atoms with Crippen LogP contribution in [0.4, 0.5) is 5.82 Å². The molecule has 0 radical (unpaired) electrons. The Kier molecular flexibility index (Phi) is 5.19. The van der Waals surface area contributed by atoms with E-state index in [0.29, 0.717) is 29.9 Å². The summed E-state index contributed by atoms with van der Waals surface area (Å²) in [6.07, 6.45) is 2.62. The van der Waals surface area contributed by atoms with Crippen molar-refractivity contribution in [2.75, 3.05) is 24.7 Å². The van der Waals surface area contributed by atoms with E-state index >= 15 is 0 Å². The van der Waals surface area contributed by atoms with E-state index in [-0.39, 0.29) is 4.90 Å². The van der Waals surface area contributed by atoms with Gasteiger partial charge < -0.3 is 10.1 Å². The maximum atomic E-state index is 11.7. The summed E-state index contributed by atoms with van der Waals surface area (Å²) in [4.78, 5) is 8.61. The maximum Gasteiger partial charge on any atom is 0.175 e. The number of nitrogens with one attached hydrogen (secondary N) is 1. The Morgan fingerprint density at radius 2 is 1.88 bits per heavy atom. The summed E-state index contributed by atoms with van der Waals surface area (Å²) in [6, 6.07) is 12.4. The smallest absolute Gasteiger partial charge is 0.175 e. The van der Waals surface area contributed by atoms with Crippen LogP contribution >= 0.6 is 15.9 Å². The van der Waals surface area contributed by atoms with Crippen LogP contribution < -0.4 is 10.1 Å². The molecule has 0 atom stereocenters. The zero-order valence-electron chi connectivity index (χ0n) is 13.4. The number of rotatable bonds is 6. The van der Waals surface area contributed by atoms with Crippen LogP contribution in [0.1, 0.15) is 0 Å². The third kappa shape index (κ3) is 4.46. The maximum absolute atomic E-state index is 11.7. The summed E-state index contributed by atoms with van der Waals surface area (Å²) >= 11 is 3.38. The van der Waals surface area contributed by atoms with Gasteiger partial charge in [0.2, 0.25) is 0 Å². The molecule has 0 saturated heterocycles. The standard InChI is InChI=1S/C17H16BrN3O3S/c1-25(22,23)14-6-7-16-15(10-14)17(21-11-20-16)19-8-9-24-13-4-2-12(18)3-5-13/h2-7,10-11H,8-9H2,1H3,(H,19,20,21). The van der Waals surface area contributed by atoms with Gasteiger partial charge >= 0.3 is 0 Å².